The first kappa shape index (κ1) is 15.4. The van der Waals surface area contributed by atoms with Crippen molar-refractivity contribution >= 4 is 5.97 Å². The maximum Gasteiger partial charge on any atom is 0.311 e. The van der Waals surface area contributed by atoms with Crippen LogP contribution in [0.15, 0.2) is 0 Å². The molecule has 0 spiro atoms. The number of carbonyl (C=O) groups is 1. The zero-order valence-electron chi connectivity index (χ0n) is 10.8. The summed E-state index contributed by atoms with van der Waals surface area (Å²) in [6.07, 6.45) is -2.67. The molecule has 1 fully saturated rings. The summed E-state index contributed by atoms with van der Waals surface area (Å²) in [5.74, 6) is -0.560. The number of aliphatic hydroxyl groups excluding tert-OH is 3. The van der Waals surface area contributed by atoms with E-state index in [2.05, 4.69) is 0 Å². The molecule has 4 atom stereocenters. The highest BCUT2D eigenvalue weighted by Crippen LogP contribution is 2.22. The Balaban J connectivity index is 2.55. The van der Waals surface area contributed by atoms with Crippen LogP contribution in [0.2, 0.25) is 0 Å². The lowest BCUT2D eigenvalue weighted by atomic mass is 10.0. The molecule has 18 heavy (non-hydrogen) atoms. The fourth-order valence-electron chi connectivity index (χ4n) is 1.99. The average Bonchev–Trinajstić information content (AvgIpc) is 2.35. The molecule has 0 amide bonds. The molecule has 1 aliphatic rings. The fraction of sp³-hybridized carbons (Fsp3) is 0.917. The van der Waals surface area contributed by atoms with E-state index in [1.165, 1.54) is 0 Å². The van der Waals surface area contributed by atoms with Crippen molar-refractivity contribution in [2.75, 3.05) is 6.61 Å². The number of hydrogen-bond donors (Lipinski definition) is 3. The molecule has 6 heteroatoms. The second kappa shape index (κ2) is 7.04. The fourth-order valence-corrected chi connectivity index (χ4v) is 1.99. The van der Waals surface area contributed by atoms with Gasteiger partial charge in [0.15, 0.2) is 0 Å². The molecule has 0 bridgehead atoms. The molecule has 0 saturated carbocycles. The smallest absolute Gasteiger partial charge is 0.311 e. The highest BCUT2D eigenvalue weighted by Gasteiger charge is 2.38. The molecule has 0 aromatic heterocycles. The van der Waals surface area contributed by atoms with Gasteiger partial charge in [0.25, 0.3) is 0 Å². The Labute approximate surface area is 107 Å². The lowest BCUT2D eigenvalue weighted by Crippen LogP contribution is -2.51. The molecule has 0 aliphatic carbocycles. The summed E-state index contributed by atoms with van der Waals surface area (Å²) < 4.78 is 10.4. The van der Waals surface area contributed by atoms with Crippen molar-refractivity contribution in [2.45, 2.75) is 57.7 Å². The highest BCUT2D eigenvalue weighted by molar-refractivity contribution is 5.72. The molecule has 1 aliphatic heterocycles. The van der Waals surface area contributed by atoms with Crippen molar-refractivity contribution in [3.05, 3.63) is 0 Å². The summed E-state index contributed by atoms with van der Waals surface area (Å²) in [6, 6.07) is 0. The van der Waals surface area contributed by atoms with Gasteiger partial charge >= 0.3 is 5.97 Å². The zero-order valence-corrected chi connectivity index (χ0v) is 10.8. The van der Waals surface area contributed by atoms with E-state index in [0.717, 1.165) is 0 Å². The Kier molecular flexibility index (Phi) is 6.01. The van der Waals surface area contributed by atoms with Crippen LogP contribution in [0.1, 0.15) is 33.1 Å². The van der Waals surface area contributed by atoms with Crippen LogP contribution in [0, 0.1) is 5.92 Å². The molecule has 6 nitrogen and oxygen atoms in total. The molecule has 0 unspecified atom stereocenters. The average molecular weight is 262 g/mol. The minimum Gasteiger partial charge on any atom is -0.435 e. The number of esters is 1. The molecular weight excluding hydrogens is 240 g/mol. The Morgan fingerprint density at radius 3 is 2.50 bits per heavy atom. The first-order chi connectivity index (χ1) is 8.53. The minimum atomic E-state index is -1.15. The minimum absolute atomic E-state index is 0.0174. The Morgan fingerprint density at radius 1 is 1.39 bits per heavy atom. The lowest BCUT2D eigenvalue weighted by molar-refractivity contribution is -0.253. The van der Waals surface area contributed by atoms with Gasteiger partial charge < -0.3 is 24.8 Å². The van der Waals surface area contributed by atoms with Crippen molar-refractivity contribution in [3.8, 4) is 0 Å². The standard InChI is InChI=1S/C12H22O6/c1-3-7(4-2)12(16)18-10-5-8(14)11(15)9(6-13)17-10/h7-11,13-15H,3-6H2,1-2H3/t8-,9-,10+,11+/m1/s1. The van der Waals surface area contributed by atoms with Crippen molar-refractivity contribution in [1.82, 2.24) is 0 Å². The normalized spacial score (nSPS) is 32.6. The van der Waals surface area contributed by atoms with E-state index in [-0.39, 0.29) is 18.3 Å². The molecule has 0 radical (unpaired) electrons. The lowest BCUT2D eigenvalue weighted by Gasteiger charge is -2.36. The molecule has 0 aromatic carbocycles. The number of rotatable bonds is 5. The van der Waals surface area contributed by atoms with Gasteiger partial charge in [-0.15, -0.1) is 0 Å². The first-order valence-corrected chi connectivity index (χ1v) is 6.36. The van der Waals surface area contributed by atoms with E-state index >= 15 is 0 Å². The zero-order chi connectivity index (χ0) is 13.7. The maximum atomic E-state index is 11.7. The number of carbonyl (C=O) groups excluding carboxylic acids is 1. The van der Waals surface area contributed by atoms with E-state index < -0.39 is 31.2 Å². The third-order valence-corrected chi connectivity index (χ3v) is 3.28. The van der Waals surface area contributed by atoms with Crippen molar-refractivity contribution < 1.29 is 29.6 Å². The predicted molar refractivity (Wildman–Crippen MR) is 62.5 cm³/mol. The van der Waals surface area contributed by atoms with Crippen LogP contribution in [0.5, 0.6) is 0 Å². The maximum absolute atomic E-state index is 11.7. The van der Waals surface area contributed by atoms with Crippen molar-refractivity contribution in [1.29, 1.82) is 0 Å². The van der Waals surface area contributed by atoms with Gasteiger partial charge in [0, 0.05) is 6.42 Å². The molecule has 1 heterocycles. The monoisotopic (exact) mass is 262 g/mol. The van der Waals surface area contributed by atoms with Gasteiger partial charge in [0.05, 0.1) is 18.6 Å². The van der Waals surface area contributed by atoms with E-state index in [4.69, 9.17) is 14.6 Å². The third kappa shape index (κ3) is 3.65. The Bertz CT molecular complexity index is 265. The van der Waals surface area contributed by atoms with Gasteiger partial charge in [-0.25, -0.2) is 0 Å². The summed E-state index contributed by atoms with van der Waals surface area (Å²) in [4.78, 5) is 11.7. The Hall–Kier alpha value is -0.690. The molecule has 1 saturated heterocycles. The highest BCUT2D eigenvalue weighted by atomic mass is 16.7. The topological polar surface area (TPSA) is 96.2 Å². The van der Waals surface area contributed by atoms with Crippen molar-refractivity contribution in [2.24, 2.45) is 5.92 Å². The van der Waals surface area contributed by atoms with Crippen LogP contribution in [0.25, 0.3) is 0 Å². The second-order valence-corrected chi connectivity index (χ2v) is 4.53. The first-order valence-electron chi connectivity index (χ1n) is 6.36. The van der Waals surface area contributed by atoms with Crippen LogP contribution in [0.4, 0.5) is 0 Å². The SMILES string of the molecule is CCC(CC)C(=O)O[C@H]1C[C@@H](O)[C@H](O)[C@@H](CO)O1. The third-order valence-electron chi connectivity index (χ3n) is 3.28. The van der Waals surface area contributed by atoms with Gasteiger partial charge in [-0.1, -0.05) is 13.8 Å². The van der Waals surface area contributed by atoms with E-state index in [0.29, 0.717) is 12.8 Å². The van der Waals surface area contributed by atoms with Crippen molar-refractivity contribution in [3.63, 3.8) is 0 Å². The van der Waals surface area contributed by atoms with E-state index in [9.17, 15) is 15.0 Å². The summed E-state index contributed by atoms with van der Waals surface area (Å²) in [6.45, 7) is 3.36. The van der Waals surface area contributed by atoms with E-state index in [1.54, 1.807) is 0 Å². The Morgan fingerprint density at radius 2 is 2.00 bits per heavy atom. The van der Waals surface area contributed by atoms with Crippen LogP contribution >= 0.6 is 0 Å². The molecule has 1 rings (SSSR count). The van der Waals surface area contributed by atoms with Crippen LogP contribution in [0.3, 0.4) is 0 Å². The second-order valence-electron chi connectivity index (χ2n) is 4.53. The molecule has 3 N–H and O–H groups in total. The quantitative estimate of drug-likeness (QED) is 0.594. The van der Waals surface area contributed by atoms with Crippen LogP contribution in [-0.2, 0) is 14.3 Å². The van der Waals surface area contributed by atoms with E-state index in [1.807, 2.05) is 13.8 Å². The van der Waals surface area contributed by atoms with Gasteiger partial charge in [-0.3, -0.25) is 4.79 Å². The summed E-state index contributed by atoms with van der Waals surface area (Å²) in [5, 5.41) is 28.1. The predicted octanol–water partition coefficient (Wildman–Crippen LogP) is -0.205. The summed E-state index contributed by atoms with van der Waals surface area (Å²) in [5.41, 5.74) is 0. The molecule has 106 valence electrons. The molecule has 0 aromatic rings. The van der Waals surface area contributed by atoms with Gasteiger partial charge in [-0.2, -0.15) is 0 Å². The largest absolute Gasteiger partial charge is 0.435 e. The summed E-state index contributed by atoms with van der Waals surface area (Å²) >= 11 is 0. The molecular formula is C12H22O6. The van der Waals surface area contributed by atoms with Gasteiger partial charge in [0.1, 0.15) is 12.2 Å². The van der Waals surface area contributed by atoms with Crippen LogP contribution in [-0.4, -0.2) is 52.5 Å². The number of ether oxygens (including phenoxy) is 2. The van der Waals surface area contributed by atoms with Gasteiger partial charge in [0.2, 0.25) is 6.29 Å². The number of hydrogen-bond acceptors (Lipinski definition) is 6. The van der Waals surface area contributed by atoms with Crippen LogP contribution < -0.4 is 0 Å². The number of aliphatic hydroxyl groups is 3. The summed E-state index contributed by atoms with van der Waals surface area (Å²) in [7, 11) is 0. The van der Waals surface area contributed by atoms with Gasteiger partial charge in [-0.05, 0) is 12.8 Å².